The highest BCUT2D eigenvalue weighted by Crippen LogP contribution is 2.21. The standard InChI is InChI=1S/C14H21N3O2/c1-9-6-10(2)16-13(12(9)14(18)19)15-7-11-4-5-17(3)8-11/h6,11H,4-5,7-8H2,1-3H3,(H,15,16)(H,18,19). The summed E-state index contributed by atoms with van der Waals surface area (Å²) in [6.07, 6.45) is 1.15. The lowest BCUT2D eigenvalue weighted by Gasteiger charge is -2.15. The topological polar surface area (TPSA) is 65.5 Å². The minimum Gasteiger partial charge on any atom is -0.478 e. The summed E-state index contributed by atoms with van der Waals surface area (Å²) in [5, 5.41) is 12.5. The molecule has 0 saturated carbocycles. The van der Waals surface area contributed by atoms with E-state index in [1.165, 1.54) is 0 Å². The molecular weight excluding hydrogens is 242 g/mol. The molecule has 5 heteroatoms. The Bertz CT molecular complexity index is 488. The summed E-state index contributed by atoms with van der Waals surface area (Å²) in [4.78, 5) is 17.9. The average molecular weight is 263 g/mol. The van der Waals surface area contributed by atoms with Crippen LogP contribution in [0.2, 0.25) is 0 Å². The zero-order chi connectivity index (χ0) is 14.0. The van der Waals surface area contributed by atoms with E-state index in [2.05, 4.69) is 22.2 Å². The number of rotatable bonds is 4. The van der Waals surface area contributed by atoms with Gasteiger partial charge in [0.25, 0.3) is 0 Å². The number of carboxylic acids is 1. The predicted molar refractivity (Wildman–Crippen MR) is 74.8 cm³/mol. The van der Waals surface area contributed by atoms with Crippen LogP contribution in [0.15, 0.2) is 6.07 Å². The van der Waals surface area contributed by atoms with Crippen LogP contribution in [0.25, 0.3) is 0 Å². The van der Waals surface area contributed by atoms with Crippen molar-refractivity contribution in [3.8, 4) is 0 Å². The van der Waals surface area contributed by atoms with E-state index in [9.17, 15) is 9.90 Å². The van der Waals surface area contributed by atoms with Gasteiger partial charge >= 0.3 is 5.97 Å². The second-order valence-corrected chi connectivity index (χ2v) is 5.41. The number of nitrogens with zero attached hydrogens (tertiary/aromatic N) is 2. The van der Waals surface area contributed by atoms with E-state index in [1.54, 1.807) is 6.07 Å². The van der Waals surface area contributed by atoms with E-state index >= 15 is 0 Å². The van der Waals surface area contributed by atoms with Crippen LogP contribution in [-0.2, 0) is 0 Å². The third kappa shape index (κ3) is 3.23. The smallest absolute Gasteiger partial charge is 0.339 e. The number of likely N-dealkylation sites (tertiary alicyclic amines) is 1. The summed E-state index contributed by atoms with van der Waals surface area (Å²) in [5.74, 6) is 0.143. The highest BCUT2D eigenvalue weighted by atomic mass is 16.4. The number of hydrogen-bond acceptors (Lipinski definition) is 4. The highest BCUT2D eigenvalue weighted by molar-refractivity contribution is 5.94. The van der Waals surface area contributed by atoms with Crippen LogP contribution in [0, 0.1) is 19.8 Å². The van der Waals surface area contributed by atoms with Gasteiger partial charge in [0.15, 0.2) is 0 Å². The molecule has 2 rings (SSSR count). The summed E-state index contributed by atoms with van der Waals surface area (Å²) < 4.78 is 0. The first kappa shape index (κ1) is 13.8. The maximum absolute atomic E-state index is 11.3. The number of anilines is 1. The molecule has 5 nitrogen and oxygen atoms in total. The molecule has 0 aromatic carbocycles. The summed E-state index contributed by atoms with van der Waals surface area (Å²) >= 11 is 0. The van der Waals surface area contributed by atoms with Crippen molar-refractivity contribution in [1.29, 1.82) is 0 Å². The number of aromatic nitrogens is 1. The number of nitrogens with one attached hydrogen (secondary N) is 1. The van der Waals surface area contributed by atoms with Crippen LogP contribution in [0.4, 0.5) is 5.82 Å². The largest absolute Gasteiger partial charge is 0.478 e. The Morgan fingerprint density at radius 3 is 2.89 bits per heavy atom. The lowest BCUT2D eigenvalue weighted by Crippen LogP contribution is -2.21. The van der Waals surface area contributed by atoms with Gasteiger partial charge in [0.2, 0.25) is 0 Å². The Morgan fingerprint density at radius 1 is 1.58 bits per heavy atom. The monoisotopic (exact) mass is 263 g/mol. The van der Waals surface area contributed by atoms with Crippen molar-refractivity contribution in [3.63, 3.8) is 0 Å². The first-order valence-corrected chi connectivity index (χ1v) is 6.61. The molecule has 1 fully saturated rings. The van der Waals surface area contributed by atoms with Gasteiger partial charge in [0.05, 0.1) is 0 Å². The number of aryl methyl sites for hydroxylation is 2. The van der Waals surface area contributed by atoms with Crippen molar-refractivity contribution in [1.82, 2.24) is 9.88 Å². The average Bonchev–Trinajstić information content (AvgIpc) is 2.71. The number of hydrogen-bond donors (Lipinski definition) is 2. The molecule has 1 aliphatic heterocycles. The van der Waals surface area contributed by atoms with Gasteiger partial charge in [-0.3, -0.25) is 0 Å². The van der Waals surface area contributed by atoms with Crippen molar-refractivity contribution in [2.45, 2.75) is 20.3 Å². The fourth-order valence-electron chi connectivity index (χ4n) is 2.67. The van der Waals surface area contributed by atoms with Gasteiger partial charge in [0, 0.05) is 18.8 Å². The van der Waals surface area contributed by atoms with Crippen molar-refractivity contribution in [3.05, 3.63) is 22.9 Å². The van der Waals surface area contributed by atoms with Crippen LogP contribution in [0.5, 0.6) is 0 Å². The van der Waals surface area contributed by atoms with Gasteiger partial charge in [-0.1, -0.05) is 0 Å². The molecule has 0 amide bonds. The first-order chi connectivity index (χ1) is 8.97. The van der Waals surface area contributed by atoms with Crippen LogP contribution in [0.1, 0.15) is 28.0 Å². The number of carboxylic acid groups (broad SMARTS) is 1. The minimum absolute atomic E-state index is 0.289. The maximum atomic E-state index is 11.3. The molecule has 1 aromatic rings. The zero-order valence-corrected chi connectivity index (χ0v) is 11.7. The van der Waals surface area contributed by atoms with Gasteiger partial charge in [-0.2, -0.15) is 0 Å². The molecule has 1 unspecified atom stereocenters. The lowest BCUT2D eigenvalue weighted by molar-refractivity contribution is 0.0697. The fraction of sp³-hybridized carbons (Fsp3) is 0.571. The normalized spacial score (nSPS) is 19.6. The SMILES string of the molecule is Cc1cc(C)c(C(=O)O)c(NCC2CCN(C)C2)n1. The molecular formula is C14H21N3O2. The number of aromatic carboxylic acids is 1. The molecule has 0 bridgehead atoms. The van der Waals surface area contributed by atoms with Gasteiger partial charge in [0.1, 0.15) is 11.4 Å². The third-order valence-corrected chi connectivity index (χ3v) is 3.61. The van der Waals surface area contributed by atoms with Crippen molar-refractivity contribution in [2.75, 3.05) is 32.0 Å². The molecule has 0 aliphatic carbocycles. The molecule has 19 heavy (non-hydrogen) atoms. The molecule has 1 aliphatic rings. The van der Waals surface area contributed by atoms with E-state index in [1.807, 2.05) is 13.8 Å². The van der Waals surface area contributed by atoms with Gasteiger partial charge in [-0.15, -0.1) is 0 Å². The molecule has 104 valence electrons. The molecule has 0 radical (unpaired) electrons. The van der Waals surface area contributed by atoms with Gasteiger partial charge in [-0.05, 0) is 51.4 Å². The summed E-state index contributed by atoms with van der Waals surface area (Å²) in [7, 11) is 2.11. The Kier molecular flexibility index (Phi) is 4.04. The van der Waals surface area contributed by atoms with Crippen LogP contribution >= 0.6 is 0 Å². The predicted octanol–water partition coefficient (Wildman–Crippen LogP) is 1.76. The highest BCUT2D eigenvalue weighted by Gasteiger charge is 2.21. The van der Waals surface area contributed by atoms with Crippen molar-refractivity contribution < 1.29 is 9.90 Å². The van der Waals surface area contributed by atoms with Crippen LogP contribution in [0.3, 0.4) is 0 Å². The number of pyridine rings is 1. The molecule has 0 spiro atoms. The van der Waals surface area contributed by atoms with Gasteiger partial charge < -0.3 is 15.3 Å². The van der Waals surface area contributed by atoms with E-state index in [0.717, 1.165) is 37.3 Å². The number of carbonyl (C=O) groups is 1. The van der Waals surface area contributed by atoms with E-state index in [-0.39, 0.29) is 5.56 Å². The molecule has 1 saturated heterocycles. The quantitative estimate of drug-likeness (QED) is 0.866. The third-order valence-electron chi connectivity index (χ3n) is 3.61. The zero-order valence-electron chi connectivity index (χ0n) is 11.7. The molecule has 2 N–H and O–H groups in total. The summed E-state index contributed by atoms with van der Waals surface area (Å²) in [6, 6.07) is 1.80. The minimum atomic E-state index is -0.920. The molecule has 1 aromatic heterocycles. The van der Waals surface area contributed by atoms with Crippen LogP contribution < -0.4 is 5.32 Å². The Hall–Kier alpha value is -1.62. The lowest BCUT2D eigenvalue weighted by atomic mass is 10.1. The first-order valence-electron chi connectivity index (χ1n) is 6.61. The maximum Gasteiger partial charge on any atom is 0.339 e. The van der Waals surface area contributed by atoms with Crippen LogP contribution in [-0.4, -0.2) is 47.6 Å². The second-order valence-electron chi connectivity index (χ2n) is 5.41. The van der Waals surface area contributed by atoms with E-state index in [0.29, 0.717) is 11.7 Å². The second kappa shape index (κ2) is 5.57. The van der Waals surface area contributed by atoms with Gasteiger partial charge in [-0.25, -0.2) is 9.78 Å². The van der Waals surface area contributed by atoms with E-state index < -0.39 is 5.97 Å². The van der Waals surface area contributed by atoms with E-state index in [4.69, 9.17) is 0 Å². The Morgan fingerprint density at radius 2 is 2.32 bits per heavy atom. The van der Waals surface area contributed by atoms with Crippen molar-refractivity contribution in [2.24, 2.45) is 5.92 Å². The fourth-order valence-corrected chi connectivity index (χ4v) is 2.67. The summed E-state index contributed by atoms with van der Waals surface area (Å²) in [6.45, 7) is 6.64. The molecule has 2 heterocycles. The molecule has 1 atom stereocenters. The Labute approximate surface area is 113 Å². The summed E-state index contributed by atoms with van der Waals surface area (Å²) in [5.41, 5.74) is 1.89. The van der Waals surface area contributed by atoms with Crippen molar-refractivity contribution >= 4 is 11.8 Å². The Balaban J connectivity index is 2.12.